The van der Waals surface area contributed by atoms with Crippen molar-refractivity contribution in [3.8, 4) is 0 Å². The number of morpholine rings is 1. The maximum absolute atomic E-state index is 12.8. The number of halogens is 1. The van der Waals surface area contributed by atoms with E-state index < -0.39 is 21.8 Å². The normalized spacial score (nSPS) is 14.9. The van der Waals surface area contributed by atoms with Crippen molar-refractivity contribution in [2.45, 2.75) is 18.2 Å². The summed E-state index contributed by atoms with van der Waals surface area (Å²) in [6, 6.07) is 11.1. The molecule has 0 spiro atoms. The van der Waals surface area contributed by atoms with E-state index in [9.17, 15) is 18.0 Å². The fraction of sp³-hybridized carbons (Fsp3) is 0.300. The van der Waals surface area contributed by atoms with Gasteiger partial charge in [0.25, 0.3) is 5.91 Å². The van der Waals surface area contributed by atoms with Crippen molar-refractivity contribution >= 4 is 33.4 Å². The average molecular weight is 452 g/mol. The smallest absolute Gasteiger partial charge is 0.269 e. The lowest BCUT2D eigenvalue weighted by molar-refractivity contribution is -0.121. The van der Waals surface area contributed by atoms with Crippen LogP contribution < -0.4 is 10.9 Å². The van der Waals surface area contributed by atoms with Crippen LogP contribution in [0.25, 0.3) is 0 Å². The maximum atomic E-state index is 12.8. The van der Waals surface area contributed by atoms with Crippen LogP contribution in [0.2, 0.25) is 5.02 Å². The van der Waals surface area contributed by atoms with Crippen molar-refractivity contribution in [1.82, 2.24) is 15.2 Å². The summed E-state index contributed by atoms with van der Waals surface area (Å²) in [5, 5.41) is 0.565. The summed E-state index contributed by atoms with van der Waals surface area (Å²) < 4.78 is 32.2. The van der Waals surface area contributed by atoms with Gasteiger partial charge in [-0.25, -0.2) is 8.42 Å². The number of hydrazine groups is 1. The van der Waals surface area contributed by atoms with Gasteiger partial charge in [-0.1, -0.05) is 29.8 Å². The number of nitrogens with one attached hydrogen (secondary N) is 2. The number of carbonyl (C=O) groups is 2. The number of rotatable bonds is 5. The summed E-state index contributed by atoms with van der Waals surface area (Å²) in [6.07, 6.45) is 0.0574. The van der Waals surface area contributed by atoms with Gasteiger partial charge in [-0.05, 0) is 42.3 Å². The molecule has 0 saturated carbocycles. The molecule has 2 aromatic carbocycles. The fourth-order valence-electron chi connectivity index (χ4n) is 2.97. The van der Waals surface area contributed by atoms with E-state index in [0.717, 1.165) is 5.56 Å². The van der Waals surface area contributed by atoms with Crippen LogP contribution >= 0.6 is 11.6 Å². The van der Waals surface area contributed by atoms with E-state index in [4.69, 9.17) is 16.3 Å². The molecule has 1 heterocycles. The minimum atomic E-state index is -3.74. The molecular formula is C20H22ClN3O5S. The zero-order valence-electron chi connectivity index (χ0n) is 16.4. The standard InChI is InChI=1S/C20H22ClN3O5S/c1-14-2-7-17(30(27,28)24-8-10-29-11-9-24)13-18(14)20(26)23-22-19(25)12-15-3-5-16(21)6-4-15/h2-7,13H,8-12H2,1H3,(H,22,25)(H,23,26). The van der Waals surface area contributed by atoms with Crippen LogP contribution in [-0.4, -0.2) is 50.8 Å². The number of ether oxygens (including phenoxy) is 1. The van der Waals surface area contributed by atoms with Gasteiger partial charge in [0.2, 0.25) is 15.9 Å². The first kappa shape index (κ1) is 22.2. The van der Waals surface area contributed by atoms with E-state index in [1.54, 1.807) is 37.3 Å². The molecule has 1 saturated heterocycles. The second-order valence-corrected chi connectivity index (χ2v) is 9.17. The minimum Gasteiger partial charge on any atom is -0.379 e. The quantitative estimate of drug-likeness (QED) is 0.673. The third kappa shape index (κ3) is 5.37. The van der Waals surface area contributed by atoms with Crippen molar-refractivity contribution < 1.29 is 22.7 Å². The van der Waals surface area contributed by atoms with E-state index in [0.29, 0.717) is 23.8 Å². The predicted octanol–water partition coefficient (Wildman–Crippen LogP) is 1.67. The van der Waals surface area contributed by atoms with Gasteiger partial charge in [0.15, 0.2) is 0 Å². The van der Waals surface area contributed by atoms with E-state index in [1.807, 2.05) is 0 Å². The van der Waals surface area contributed by atoms with Crippen LogP contribution in [0, 0.1) is 6.92 Å². The molecule has 0 aliphatic carbocycles. The second kappa shape index (κ2) is 9.57. The molecule has 0 aromatic heterocycles. The second-order valence-electron chi connectivity index (χ2n) is 6.80. The van der Waals surface area contributed by atoms with Gasteiger partial charge in [0.05, 0.1) is 24.5 Å². The van der Waals surface area contributed by atoms with Crippen LogP contribution in [0.4, 0.5) is 0 Å². The molecule has 3 rings (SSSR count). The number of benzene rings is 2. The Morgan fingerprint density at radius 1 is 1.07 bits per heavy atom. The average Bonchev–Trinajstić information content (AvgIpc) is 2.74. The van der Waals surface area contributed by atoms with Gasteiger partial charge in [-0.2, -0.15) is 4.31 Å². The van der Waals surface area contributed by atoms with E-state index in [1.165, 1.54) is 16.4 Å². The van der Waals surface area contributed by atoms with Crippen LogP contribution in [0.3, 0.4) is 0 Å². The molecule has 1 fully saturated rings. The summed E-state index contributed by atoms with van der Waals surface area (Å²) in [4.78, 5) is 24.6. The molecule has 30 heavy (non-hydrogen) atoms. The summed E-state index contributed by atoms with van der Waals surface area (Å²) in [6.45, 7) is 2.88. The van der Waals surface area contributed by atoms with E-state index >= 15 is 0 Å². The zero-order valence-corrected chi connectivity index (χ0v) is 17.9. The summed E-state index contributed by atoms with van der Waals surface area (Å²) >= 11 is 5.82. The van der Waals surface area contributed by atoms with Gasteiger partial charge >= 0.3 is 0 Å². The van der Waals surface area contributed by atoms with Gasteiger partial charge in [-0.15, -0.1) is 0 Å². The van der Waals surface area contributed by atoms with Crippen LogP contribution in [0.5, 0.6) is 0 Å². The first-order valence-electron chi connectivity index (χ1n) is 9.29. The minimum absolute atomic E-state index is 0.0210. The summed E-state index contributed by atoms with van der Waals surface area (Å²) in [7, 11) is -3.74. The van der Waals surface area contributed by atoms with Crippen LogP contribution in [-0.2, 0) is 26.0 Å². The molecule has 0 atom stereocenters. The largest absolute Gasteiger partial charge is 0.379 e. The highest BCUT2D eigenvalue weighted by Crippen LogP contribution is 2.20. The highest BCUT2D eigenvalue weighted by atomic mass is 35.5. The lowest BCUT2D eigenvalue weighted by Gasteiger charge is -2.26. The fourth-order valence-corrected chi connectivity index (χ4v) is 4.53. The third-order valence-corrected chi connectivity index (χ3v) is 6.80. The lowest BCUT2D eigenvalue weighted by atomic mass is 10.1. The van der Waals surface area contributed by atoms with E-state index in [-0.39, 0.29) is 30.0 Å². The number of hydrogen-bond acceptors (Lipinski definition) is 5. The third-order valence-electron chi connectivity index (χ3n) is 4.65. The summed E-state index contributed by atoms with van der Waals surface area (Å²) in [5.41, 5.74) is 6.17. The Balaban J connectivity index is 1.67. The van der Waals surface area contributed by atoms with Crippen molar-refractivity contribution in [2.75, 3.05) is 26.3 Å². The highest BCUT2D eigenvalue weighted by molar-refractivity contribution is 7.89. The SMILES string of the molecule is Cc1ccc(S(=O)(=O)N2CCOCC2)cc1C(=O)NNC(=O)Cc1ccc(Cl)cc1. The molecule has 1 aliphatic rings. The van der Waals surface area contributed by atoms with Crippen LogP contribution in [0.15, 0.2) is 47.4 Å². The molecule has 2 amide bonds. The predicted molar refractivity (Wildman–Crippen MR) is 112 cm³/mol. The Morgan fingerprint density at radius 3 is 2.40 bits per heavy atom. The lowest BCUT2D eigenvalue weighted by Crippen LogP contribution is -2.43. The first-order chi connectivity index (χ1) is 14.3. The van der Waals surface area contributed by atoms with Gasteiger partial charge in [-0.3, -0.25) is 20.4 Å². The van der Waals surface area contributed by atoms with E-state index in [2.05, 4.69) is 10.9 Å². The molecule has 0 unspecified atom stereocenters. The molecule has 1 aliphatic heterocycles. The van der Waals surface area contributed by atoms with Crippen molar-refractivity contribution in [3.05, 3.63) is 64.2 Å². The Morgan fingerprint density at radius 2 is 1.73 bits per heavy atom. The number of amides is 2. The maximum Gasteiger partial charge on any atom is 0.269 e. The number of carbonyl (C=O) groups excluding carboxylic acids is 2. The monoisotopic (exact) mass is 451 g/mol. The Kier molecular flexibility index (Phi) is 7.09. The molecule has 2 N–H and O–H groups in total. The summed E-state index contributed by atoms with van der Waals surface area (Å²) in [5.74, 6) is -1.02. The highest BCUT2D eigenvalue weighted by Gasteiger charge is 2.27. The Hall–Kier alpha value is -2.46. The molecule has 2 aromatic rings. The molecule has 8 nitrogen and oxygen atoms in total. The van der Waals surface area contributed by atoms with Crippen LogP contribution in [0.1, 0.15) is 21.5 Å². The number of sulfonamides is 1. The Bertz CT molecular complexity index is 1030. The van der Waals surface area contributed by atoms with Gasteiger partial charge < -0.3 is 4.74 Å². The van der Waals surface area contributed by atoms with Crippen molar-refractivity contribution in [2.24, 2.45) is 0 Å². The number of aryl methyl sites for hydroxylation is 1. The molecule has 0 radical (unpaired) electrons. The first-order valence-corrected chi connectivity index (χ1v) is 11.1. The van der Waals surface area contributed by atoms with Gasteiger partial charge in [0.1, 0.15) is 0 Å². The molecular weight excluding hydrogens is 430 g/mol. The zero-order chi connectivity index (χ0) is 21.7. The van der Waals surface area contributed by atoms with Crippen molar-refractivity contribution in [3.63, 3.8) is 0 Å². The Labute approximate surface area is 180 Å². The number of nitrogens with zero attached hydrogens (tertiary/aromatic N) is 1. The molecule has 10 heteroatoms. The molecule has 160 valence electrons. The van der Waals surface area contributed by atoms with Crippen molar-refractivity contribution in [1.29, 1.82) is 0 Å². The molecule has 0 bridgehead atoms. The number of hydrogen-bond donors (Lipinski definition) is 2. The van der Waals surface area contributed by atoms with Gasteiger partial charge in [0, 0.05) is 23.7 Å². The topological polar surface area (TPSA) is 105 Å².